The van der Waals surface area contributed by atoms with E-state index in [1.807, 2.05) is 13.8 Å². The first-order valence-electron chi connectivity index (χ1n) is 13.6. The Kier molecular flexibility index (Phi) is 10.7. The van der Waals surface area contributed by atoms with Crippen LogP contribution in [0.4, 0.5) is 33.5 Å². The molecule has 0 saturated carbocycles. The van der Waals surface area contributed by atoms with Gasteiger partial charge in [-0.1, -0.05) is 13.8 Å². The fraction of sp³-hybridized carbons (Fsp3) is 0.481. The maximum atomic E-state index is 15.7. The number of nitrogens with two attached hydrogens (primary N) is 1. The predicted molar refractivity (Wildman–Crippen MR) is 149 cm³/mol. The molecule has 0 bridgehead atoms. The first kappa shape index (κ1) is 32.5. The summed E-state index contributed by atoms with van der Waals surface area (Å²) >= 11 is 0. The van der Waals surface area contributed by atoms with Crippen molar-refractivity contribution < 1.29 is 31.5 Å². The summed E-state index contributed by atoms with van der Waals surface area (Å²) in [6.07, 6.45) is -3.24. The van der Waals surface area contributed by atoms with Crippen LogP contribution < -0.4 is 32.1 Å². The molecular weight excluding hydrogens is 565 g/mol. The molecular formula is C27H34F5N7O3. The van der Waals surface area contributed by atoms with Crippen molar-refractivity contribution in [2.45, 2.75) is 59.2 Å². The van der Waals surface area contributed by atoms with Gasteiger partial charge < -0.3 is 31.4 Å². The van der Waals surface area contributed by atoms with Crippen molar-refractivity contribution in [1.29, 1.82) is 0 Å². The van der Waals surface area contributed by atoms with Gasteiger partial charge in [0, 0.05) is 31.6 Å². The molecule has 1 amide bonds. The van der Waals surface area contributed by atoms with Gasteiger partial charge >= 0.3 is 11.9 Å². The number of halogens is 5. The molecule has 0 radical (unpaired) electrons. The van der Waals surface area contributed by atoms with Gasteiger partial charge in [-0.3, -0.25) is 4.79 Å². The van der Waals surface area contributed by atoms with Crippen LogP contribution in [0.3, 0.4) is 0 Å². The zero-order valence-corrected chi connectivity index (χ0v) is 23.7. The Morgan fingerprint density at radius 1 is 1.02 bits per heavy atom. The molecule has 15 heteroatoms. The smallest absolute Gasteiger partial charge is 0.417 e. The molecule has 1 aromatic carbocycles. The van der Waals surface area contributed by atoms with Crippen molar-refractivity contribution in [3.05, 3.63) is 39.3 Å². The van der Waals surface area contributed by atoms with Crippen LogP contribution in [-0.2, 0) is 11.0 Å². The number of amides is 1. The maximum Gasteiger partial charge on any atom is 0.417 e. The van der Waals surface area contributed by atoms with Crippen LogP contribution in [0, 0.1) is 18.6 Å². The van der Waals surface area contributed by atoms with E-state index in [1.165, 1.54) is 0 Å². The Morgan fingerprint density at radius 3 is 2.33 bits per heavy atom. The number of carbonyl (C=O) groups is 1. The summed E-state index contributed by atoms with van der Waals surface area (Å²) in [5.74, 6) is -2.59. The second-order valence-corrected chi connectivity index (χ2v) is 9.39. The fourth-order valence-corrected chi connectivity index (χ4v) is 4.45. The molecule has 230 valence electrons. The average molecular weight is 600 g/mol. The van der Waals surface area contributed by atoms with Gasteiger partial charge in [0.2, 0.25) is 11.8 Å². The highest BCUT2D eigenvalue weighted by Gasteiger charge is 2.39. The zero-order chi connectivity index (χ0) is 31.2. The van der Waals surface area contributed by atoms with Gasteiger partial charge in [-0.05, 0) is 44.9 Å². The van der Waals surface area contributed by atoms with Gasteiger partial charge in [0.05, 0.1) is 22.9 Å². The van der Waals surface area contributed by atoms with Crippen molar-refractivity contribution in [2.75, 3.05) is 37.2 Å². The van der Waals surface area contributed by atoms with E-state index in [-0.39, 0.29) is 23.0 Å². The highest BCUT2D eigenvalue weighted by Crippen LogP contribution is 2.44. The molecule has 0 spiro atoms. The highest BCUT2D eigenvalue weighted by molar-refractivity contribution is 5.96. The molecule has 1 unspecified atom stereocenters. The molecule has 0 aliphatic carbocycles. The third kappa shape index (κ3) is 7.24. The normalized spacial score (nSPS) is 17.0. The minimum absolute atomic E-state index is 0.0324. The number of nitrogen functional groups attached to an aromatic ring is 1. The van der Waals surface area contributed by atoms with E-state index in [1.54, 1.807) is 6.92 Å². The molecule has 2 aliphatic heterocycles. The lowest BCUT2D eigenvalue weighted by molar-refractivity contribution is -0.137. The van der Waals surface area contributed by atoms with Crippen LogP contribution in [-0.4, -0.2) is 53.1 Å². The summed E-state index contributed by atoms with van der Waals surface area (Å²) in [7, 11) is 0. The third-order valence-corrected chi connectivity index (χ3v) is 6.39. The number of pyridine rings is 1. The van der Waals surface area contributed by atoms with E-state index < -0.39 is 63.2 Å². The summed E-state index contributed by atoms with van der Waals surface area (Å²) < 4.78 is 77.6. The van der Waals surface area contributed by atoms with E-state index in [9.17, 15) is 27.2 Å². The number of nitrogens with one attached hydrogen (secondary N) is 4. The van der Waals surface area contributed by atoms with E-state index in [0.29, 0.717) is 32.1 Å². The number of benzene rings is 1. The van der Waals surface area contributed by atoms with Crippen molar-refractivity contribution in [1.82, 2.24) is 25.6 Å². The number of hydrogen-bond acceptors (Lipinski definition) is 8. The van der Waals surface area contributed by atoms with Crippen LogP contribution in [0.2, 0.25) is 0 Å². The number of hydrogen-bond donors (Lipinski definition) is 5. The monoisotopic (exact) mass is 599 g/mol. The number of H-pyrrole nitrogens is 1. The van der Waals surface area contributed by atoms with Gasteiger partial charge in [-0.25, -0.2) is 18.6 Å². The molecule has 1 atom stereocenters. The molecule has 2 aromatic heterocycles. The van der Waals surface area contributed by atoms with E-state index >= 15 is 4.39 Å². The Bertz CT molecular complexity index is 1490. The Balaban J connectivity index is 0.000000530. The molecule has 10 nitrogen and oxygen atoms in total. The summed E-state index contributed by atoms with van der Waals surface area (Å²) in [6.45, 7) is 8.90. The minimum Gasteiger partial charge on any atom is -0.474 e. The fourth-order valence-electron chi connectivity index (χ4n) is 4.45. The Labute approximate surface area is 238 Å². The lowest BCUT2D eigenvalue weighted by Gasteiger charge is -2.20. The second kappa shape index (κ2) is 13.8. The van der Waals surface area contributed by atoms with Crippen LogP contribution in [0.1, 0.15) is 51.2 Å². The molecule has 4 heterocycles. The molecule has 3 aromatic rings. The first-order valence-corrected chi connectivity index (χ1v) is 13.6. The third-order valence-electron chi connectivity index (χ3n) is 6.39. The van der Waals surface area contributed by atoms with Crippen molar-refractivity contribution in [3.8, 4) is 17.1 Å². The highest BCUT2D eigenvalue weighted by atomic mass is 19.4. The van der Waals surface area contributed by atoms with Crippen LogP contribution in [0.25, 0.3) is 22.2 Å². The first-order chi connectivity index (χ1) is 19.9. The zero-order valence-electron chi connectivity index (χ0n) is 23.7. The van der Waals surface area contributed by atoms with Gasteiger partial charge in [0.1, 0.15) is 22.7 Å². The number of anilines is 2. The molecule has 1 fully saturated rings. The topological polar surface area (TPSA) is 147 Å². The van der Waals surface area contributed by atoms with Crippen molar-refractivity contribution in [2.24, 2.45) is 0 Å². The van der Waals surface area contributed by atoms with Gasteiger partial charge in [-0.2, -0.15) is 18.2 Å². The average Bonchev–Trinajstić information content (AvgIpc) is 3.40. The molecule has 6 N–H and O–H groups in total. The number of ether oxygens (including phenoxy) is 1. The number of aromatic amines is 1. The lowest BCUT2D eigenvalue weighted by Crippen LogP contribution is -2.26. The van der Waals surface area contributed by atoms with Crippen LogP contribution in [0.15, 0.2) is 10.9 Å². The van der Waals surface area contributed by atoms with Crippen molar-refractivity contribution >= 4 is 28.3 Å². The number of carbonyl (C=O) groups excluding carboxylic acids is 1. The number of aromatic nitrogens is 3. The van der Waals surface area contributed by atoms with Gasteiger partial charge in [0.25, 0.3) is 0 Å². The van der Waals surface area contributed by atoms with E-state index in [0.717, 1.165) is 26.3 Å². The molecule has 5 rings (SSSR count). The SMILES string of the molecule is CC.Cc1c(F)c(N)cc(-c2nc3c4c(nc(=O)[nH]c4c2F)NCCNCCC(C)O3)c1C(F)(F)F.O=C1CCCN1. The summed E-state index contributed by atoms with van der Waals surface area (Å²) in [5.41, 5.74) is -0.219. The van der Waals surface area contributed by atoms with Gasteiger partial charge in [0.15, 0.2) is 5.82 Å². The maximum absolute atomic E-state index is 15.7. The lowest BCUT2D eigenvalue weighted by atomic mass is 9.96. The van der Waals surface area contributed by atoms with E-state index in [4.69, 9.17) is 10.5 Å². The van der Waals surface area contributed by atoms with Gasteiger partial charge in [-0.15, -0.1) is 0 Å². The number of rotatable bonds is 1. The summed E-state index contributed by atoms with van der Waals surface area (Å²) in [4.78, 5) is 32.4. The molecule has 1 saturated heterocycles. The predicted octanol–water partition coefficient (Wildman–Crippen LogP) is 4.27. The summed E-state index contributed by atoms with van der Waals surface area (Å²) in [5, 5.41) is 8.70. The number of nitrogens with zero attached hydrogens (tertiary/aromatic N) is 2. The summed E-state index contributed by atoms with van der Waals surface area (Å²) in [6, 6.07) is 0.673. The largest absolute Gasteiger partial charge is 0.474 e. The van der Waals surface area contributed by atoms with Crippen LogP contribution >= 0.6 is 0 Å². The van der Waals surface area contributed by atoms with Crippen LogP contribution in [0.5, 0.6) is 5.88 Å². The number of alkyl halides is 3. The quantitative estimate of drug-likeness (QED) is 0.206. The minimum atomic E-state index is -5.05. The molecule has 2 aliphatic rings. The van der Waals surface area contributed by atoms with E-state index in [2.05, 4.69) is 30.9 Å². The standard InChI is InChI=1S/C21H21F5N6O2.C4H7NO.C2H6/c1-8-3-4-28-5-6-29-18-12-17(31-20(33)32-18)15(23)16(30-19(12)34-8)10-7-11(27)14(22)9(2)13(10)21(24,25)26;6-4-2-1-3-5-4;1-2/h7-8,28H,3-6,27H2,1-2H3,(H2,29,31,32,33);1-3H2,(H,5,6);1-2H3. The molecule has 42 heavy (non-hydrogen) atoms. The van der Waals surface area contributed by atoms with Crippen molar-refractivity contribution in [3.63, 3.8) is 0 Å². The Morgan fingerprint density at radius 2 is 1.74 bits per heavy atom. The Hall–Kier alpha value is -4.01. The second-order valence-electron chi connectivity index (χ2n) is 9.39.